The van der Waals surface area contributed by atoms with Crippen LogP contribution in [0.3, 0.4) is 0 Å². The van der Waals surface area contributed by atoms with Gasteiger partial charge in [-0.05, 0) is 12.8 Å². The quantitative estimate of drug-likeness (QED) is 0.829. The van der Waals surface area contributed by atoms with Crippen molar-refractivity contribution in [2.24, 2.45) is 0 Å². The highest BCUT2D eigenvalue weighted by atomic mass is 16.2. The fraction of sp³-hybridized carbons (Fsp3) is 0.750. The van der Waals surface area contributed by atoms with Gasteiger partial charge in [-0.1, -0.05) is 27.2 Å². The Morgan fingerprint density at radius 2 is 1.94 bits per heavy atom. The zero-order valence-corrected chi connectivity index (χ0v) is 11.3. The number of amides is 1. The maximum Gasteiger partial charge on any atom is 0.305 e. The predicted molar refractivity (Wildman–Crippen MR) is 68.0 cm³/mol. The van der Waals surface area contributed by atoms with Crippen LogP contribution < -0.4 is 5.43 Å². The molecule has 2 heterocycles. The molecule has 0 unspecified atom stereocenters. The zero-order valence-electron chi connectivity index (χ0n) is 11.3. The summed E-state index contributed by atoms with van der Waals surface area (Å²) in [6.45, 7) is 7.89. The van der Waals surface area contributed by atoms with Crippen molar-refractivity contribution in [2.45, 2.75) is 45.4 Å². The Hall–Kier alpha value is -1.43. The van der Waals surface area contributed by atoms with Gasteiger partial charge >= 0.3 is 5.91 Å². The Balaban J connectivity index is 1.98. The van der Waals surface area contributed by atoms with E-state index < -0.39 is 0 Å². The van der Waals surface area contributed by atoms with Crippen molar-refractivity contribution in [3.63, 3.8) is 0 Å². The third kappa shape index (κ3) is 3.07. The molecule has 6 heteroatoms. The second kappa shape index (κ2) is 5.06. The molecule has 1 aliphatic rings. The van der Waals surface area contributed by atoms with Gasteiger partial charge in [0.2, 0.25) is 5.82 Å². The van der Waals surface area contributed by atoms with Crippen molar-refractivity contribution in [3.8, 4) is 0 Å². The van der Waals surface area contributed by atoms with Crippen LogP contribution in [0, 0.1) is 0 Å². The van der Waals surface area contributed by atoms with Crippen LogP contribution in [-0.4, -0.2) is 39.2 Å². The first-order chi connectivity index (χ1) is 8.47. The van der Waals surface area contributed by atoms with Gasteiger partial charge in [0.05, 0.1) is 0 Å². The summed E-state index contributed by atoms with van der Waals surface area (Å²) < 4.78 is 0. The Kier molecular flexibility index (Phi) is 3.65. The number of nitrogens with zero attached hydrogens (tertiary/aromatic N) is 3. The topological polar surface area (TPSA) is 73.9 Å². The minimum absolute atomic E-state index is 0.128. The number of nitrogens with one attached hydrogen (secondary N) is 2. The largest absolute Gasteiger partial charge is 0.305 e. The van der Waals surface area contributed by atoms with Gasteiger partial charge in [0.1, 0.15) is 5.82 Å². The molecule has 1 aliphatic heterocycles. The first-order valence-electron chi connectivity index (χ1n) is 6.45. The van der Waals surface area contributed by atoms with Crippen molar-refractivity contribution in [3.05, 3.63) is 11.6 Å². The summed E-state index contributed by atoms with van der Waals surface area (Å²) in [4.78, 5) is 16.2. The number of H-pyrrole nitrogens is 1. The fourth-order valence-corrected chi connectivity index (χ4v) is 1.90. The Morgan fingerprint density at radius 3 is 2.50 bits per heavy atom. The lowest BCUT2D eigenvalue weighted by Gasteiger charge is -2.26. The molecular weight excluding hydrogens is 230 g/mol. The van der Waals surface area contributed by atoms with E-state index in [0.29, 0.717) is 0 Å². The van der Waals surface area contributed by atoms with Crippen molar-refractivity contribution in [1.82, 2.24) is 25.6 Å². The SMILES string of the molecule is CC(C)(C)c1nc(C(=O)NN2CCCCC2)n[nH]1. The summed E-state index contributed by atoms with van der Waals surface area (Å²) >= 11 is 0. The molecule has 0 bridgehead atoms. The van der Waals surface area contributed by atoms with Gasteiger partial charge in [-0.25, -0.2) is 9.99 Å². The first-order valence-corrected chi connectivity index (χ1v) is 6.45. The van der Waals surface area contributed by atoms with Crippen LogP contribution in [0.1, 0.15) is 56.5 Å². The lowest BCUT2D eigenvalue weighted by Crippen LogP contribution is -2.45. The lowest BCUT2D eigenvalue weighted by atomic mass is 9.96. The van der Waals surface area contributed by atoms with Crippen LogP contribution in [0.25, 0.3) is 0 Å². The Labute approximate surface area is 107 Å². The van der Waals surface area contributed by atoms with Crippen LogP contribution >= 0.6 is 0 Å². The van der Waals surface area contributed by atoms with E-state index in [1.54, 1.807) is 0 Å². The molecule has 0 atom stereocenters. The van der Waals surface area contributed by atoms with Crippen LogP contribution in [-0.2, 0) is 5.41 Å². The van der Waals surface area contributed by atoms with Gasteiger partial charge in [-0.2, -0.15) is 0 Å². The number of aromatic nitrogens is 3. The number of aromatic amines is 1. The number of carbonyl (C=O) groups excluding carboxylic acids is 1. The molecule has 6 nitrogen and oxygen atoms in total. The average Bonchev–Trinajstić information content (AvgIpc) is 2.79. The van der Waals surface area contributed by atoms with Gasteiger partial charge in [0.15, 0.2) is 0 Å². The van der Waals surface area contributed by atoms with Crippen molar-refractivity contribution < 1.29 is 4.79 Å². The third-order valence-corrected chi connectivity index (χ3v) is 3.01. The highest BCUT2D eigenvalue weighted by Crippen LogP contribution is 2.17. The Morgan fingerprint density at radius 1 is 1.28 bits per heavy atom. The molecule has 0 aromatic carbocycles. The predicted octanol–water partition coefficient (Wildman–Crippen LogP) is 1.23. The van der Waals surface area contributed by atoms with Crippen LogP contribution in [0.15, 0.2) is 0 Å². The molecule has 1 fully saturated rings. The van der Waals surface area contributed by atoms with E-state index in [1.165, 1.54) is 6.42 Å². The number of hydrazine groups is 1. The van der Waals surface area contributed by atoms with Crippen molar-refractivity contribution >= 4 is 5.91 Å². The van der Waals surface area contributed by atoms with Crippen molar-refractivity contribution in [1.29, 1.82) is 0 Å². The number of hydrogen-bond acceptors (Lipinski definition) is 4. The molecule has 1 amide bonds. The minimum Gasteiger partial charge on any atom is -0.282 e. The molecule has 1 saturated heterocycles. The molecule has 2 rings (SSSR count). The normalized spacial score (nSPS) is 17.7. The van der Waals surface area contributed by atoms with Gasteiger partial charge in [-0.15, -0.1) is 5.10 Å². The molecule has 0 spiro atoms. The molecular formula is C12H21N5O. The standard InChI is InChI=1S/C12H21N5O/c1-12(2,3)11-13-9(14-15-11)10(18)16-17-7-5-4-6-8-17/h4-8H2,1-3H3,(H,16,18)(H,13,14,15). The smallest absolute Gasteiger partial charge is 0.282 e. The van der Waals surface area contributed by atoms with E-state index in [0.717, 1.165) is 31.8 Å². The fourth-order valence-electron chi connectivity index (χ4n) is 1.90. The third-order valence-electron chi connectivity index (χ3n) is 3.01. The van der Waals surface area contributed by atoms with Gasteiger partial charge < -0.3 is 0 Å². The molecule has 1 aromatic heterocycles. The summed E-state index contributed by atoms with van der Waals surface area (Å²) in [5.41, 5.74) is 2.72. The molecule has 18 heavy (non-hydrogen) atoms. The van der Waals surface area contributed by atoms with Crippen LogP contribution in [0.2, 0.25) is 0 Å². The maximum absolute atomic E-state index is 12.0. The first kappa shape index (κ1) is 13.0. The van der Waals surface area contributed by atoms with E-state index in [4.69, 9.17) is 0 Å². The molecule has 0 saturated carbocycles. The summed E-state index contributed by atoms with van der Waals surface area (Å²) in [6, 6.07) is 0. The second-order valence-corrected chi connectivity index (χ2v) is 5.75. The average molecular weight is 251 g/mol. The number of piperidine rings is 1. The summed E-state index contributed by atoms with van der Waals surface area (Å²) in [5, 5.41) is 8.74. The number of hydrogen-bond donors (Lipinski definition) is 2. The number of carbonyl (C=O) groups is 1. The maximum atomic E-state index is 12.0. The van der Waals surface area contributed by atoms with Gasteiger partial charge in [0, 0.05) is 18.5 Å². The highest BCUT2D eigenvalue weighted by Gasteiger charge is 2.22. The van der Waals surface area contributed by atoms with Gasteiger partial charge in [0.25, 0.3) is 0 Å². The second-order valence-electron chi connectivity index (χ2n) is 5.75. The summed E-state index contributed by atoms with van der Waals surface area (Å²) in [6.07, 6.45) is 3.49. The minimum atomic E-state index is -0.233. The molecule has 0 aliphatic carbocycles. The lowest BCUT2D eigenvalue weighted by molar-refractivity contribution is 0.0739. The Bertz CT molecular complexity index is 414. The van der Waals surface area contributed by atoms with Crippen LogP contribution in [0.5, 0.6) is 0 Å². The monoisotopic (exact) mass is 251 g/mol. The van der Waals surface area contributed by atoms with E-state index in [9.17, 15) is 4.79 Å². The molecule has 2 N–H and O–H groups in total. The van der Waals surface area contributed by atoms with Crippen LogP contribution in [0.4, 0.5) is 0 Å². The van der Waals surface area contributed by atoms with E-state index >= 15 is 0 Å². The van der Waals surface area contributed by atoms with E-state index in [1.807, 2.05) is 25.8 Å². The molecule has 100 valence electrons. The van der Waals surface area contributed by atoms with Gasteiger partial charge in [-0.3, -0.25) is 15.3 Å². The molecule has 1 aromatic rings. The number of rotatable bonds is 2. The molecule has 0 radical (unpaired) electrons. The van der Waals surface area contributed by atoms with E-state index in [2.05, 4.69) is 20.6 Å². The summed E-state index contributed by atoms with van der Waals surface area (Å²) in [5.74, 6) is 0.709. The van der Waals surface area contributed by atoms with E-state index in [-0.39, 0.29) is 17.1 Å². The summed E-state index contributed by atoms with van der Waals surface area (Å²) in [7, 11) is 0. The zero-order chi connectivity index (χ0) is 13.2. The van der Waals surface area contributed by atoms with Crippen molar-refractivity contribution in [2.75, 3.05) is 13.1 Å². The highest BCUT2D eigenvalue weighted by molar-refractivity contribution is 5.89.